The summed E-state index contributed by atoms with van der Waals surface area (Å²) in [5.74, 6) is -0.0631. The van der Waals surface area contributed by atoms with Gasteiger partial charge in [-0.2, -0.15) is 0 Å². The maximum Gasteiger partial charge on any atom is 0.290 e. The van der Waals surface area contributed by atoms with E-state index in [1.165, 1.54) is 0 Å². The van der Waals surface area contributed by atoms with Crippen LogP contribution in [0.1, 0.15) is 79.1 Å². The molecule has 5 N–H and O–H groups in total. The lowest BCUT2D eigenvalue weighted by atomic mass is 9.99. The van der Waals surface area contributed by atoms with Crippen LogP contribution in [0.4, 0.5) is 0 Å². The predicted molar refractivity (Wildman–Crippen MR) is 93.7 cm³/mol. The Kier molecular flexibility index (Phi) is 23.4. The number of hydrogen-bond acceptors (Lipinski definition) is 3. The lowest BCUT2D eigenvalue weighted by Gasteiger charge is -2.08. The normalized spacial score (nSPS) is 11.8. The summed E-state index contributed by atoms with van der Waals surface area (Å²) in [5.41, 5.74) is 10.3. The van der Waals surface area contributed by atoms with Crippen LogP contribution in [0.2, 0.25) is 0 Å². The van der Waals surface area contributed by atoms with Gasteiger partial charge in [0.1, 0.15) is 0 Å². The van der Waals surface area contributed by atoms with Crippen LogP contribution in [-0.4, -0.2) is 23.4 Å². The van der Waals surface area contributed by atoms with Crippen molar-refractivity contribution in [2.24, 2.45) is 23.3 Å². The van der Waals surface area contributed by atoms with E-state index in [-0.39, 0.29) is 30.1 Å². The van der Waals surface area contributed by atoms with Crippen molar-refractivity contribution in [3.05, 3.63) is 0 Å². The number of carboxylic acid groups (broad SMARTS) is 1. The average Bonchev–Trinajstić information content (AvgIpc) is 2.49. The average molecular weight is 332 g/mol. The van der Waals surface area contributed by atoms with Crippen molar-refractivity contribution in [1.82, 2.24) is 0 Å². The molecule has 0 bridgehead atoms. The molecule has 0 heterocycles. The minimum absolute atomic E-state index is 0.111. The van der Waals surface area contributed by atoms with Crippen LogP contribution >= 0.6 is 0 Å². The molecule has 23 heavy (non-hydrogen) atoms. The second-order valence-corrected chi connectivity index (χ2v) is 5.40. The summed E-state index contributed by atoms with van der Waals surface area (Å²) < 4.78 is 0. The Morgan fingerprint density at radius 3 is 1.26 bits per heavy atom. The Morgan fingerprint density at radius 2 is 1.13 bits per heavy atom. The van der Waals surface area contributed by atoms with Crippen molar-refractivity contribution < 1.29 is 19.5 Å². The lowest BCUT2D eigenvalue weighted by molar-refractivity contribution is -0.123. The highest BCUT2D eigenvalue weighted by Gasteiger charge is 2.11. The molecule has 0 saturated heterocycles. The van der Waals surface area contributed by atoms with Crippen LogP contribution in [0.3, 0.4) is 0 Å². The Balaban J connectivity index is -0.000000297. The number of rotatable bonds is 10. The van der Waals surface area contributed by atoms with E-state index in [1.54, 1.807) is 0 Å². The minimum Gasteiger partial charge on any atom is -0.483 e. The van der Waals surface area contributed by atoms with Crippen LogP contribution in [-0.2, 0) is 14.4 Å². The van der Waals surface area contributed by atoms with Gasteiger partial charge in [-0.15, -0.1) is 0 Å². The van der Waals surface area contributed by atoms with E-state index in [4.69, 9.17) is 21.4 Å². The van der Waals surface area contributed by atoms with Gasteiger partial charge in [-0.05, 0) is 25.7 Å². The molecule has 0 radical (unpaired) electrons. The summed E-state index contributed by atoms with van der Waals surface area (Å²) in [7, 11) is 0. The van der Waals surface area contributed by atoms with Gasteiger partial charge in [-0.25, -0.2) is 0 Å². The molecule has 2 unspecified atom stereocenters. The third-order valence-corrected chi connectivity index (χ3v) is 3.60. The summed E-state index contributed by atoms with van der Waals surface area (Å²) in [6.45, 7) is 8.00. The first-order valence-electron chi connectivity index (χ1n) is 8.52. The second kappa shape index (κ2) is 20.4. The lowest BCUT2D eigenvalue weighted by Crippen LogP contribution is -2.22. The molecule has 0 rings (SSSR count). The molecule has 6 heteroatoms. The number of carbonyl (C=O) groups excluding carboxylic acids is 2. The fourth-order valence-electron chi connectivity index (χ4n) is 2.00. The van der Waals surface area contributed by atoms with E-state index >= 15 is 0 Å². The predicted octanol–water partition coefficient (Wildman–Crippen LogP) is 3.08. The minimum atomic E-state index is -0.250. The molecule has 0 aromatic rings. The number of primary amides is 2. The monoisotopic (exact) mass is 332 g/mol. The molecule has 0 aromatic carbocycles. The van der Waals surface area contributed by atoms with E-state index in [0.29, 0.717) is 0 Å². The molecule has 6 nitrogen and oxygen atoms in total. The summed E-state index contributed by atoms with van der Waals surface area (Å²) in [6, 6.07) is 0. The van der Waals surface area contributed by atoms with E-state index in [9.17, 15) is 9.59 Å². The van der Waals surface area contributed by atoms with Crippen molar-refractivity contribution >= 4 is 18.3 Å². The van der Waals surface area contributed by atoms with Crippen LogP contribution < -0.4 is 11.5 Å². The number of hydrogen-bond donors (Lipinski definition) is 3. The van der Waals surface area contributed by atoms with Gasteiger partial charge < -0.3 is 16.6 Å². The van der Waals surface area contributed by atoms with E-state index < -0.39 is 0 Å². The molecule has 0 aliphatic rings. The molecule has 0 aliphatic carbocycles. The van der Waals surface area contributed by atoms with E-state index in [0.717, 1.165) is 51.4 Å². The zero-order valence-corrected chi connectivity index (χ0v) is 15.2. The first-order chi connectivity index (χ1) is 10.9. The number of amides is 2. The van der Waals surface area contributed by atoms with Gasteiger partial charge in [-0.3, -0.25) is 14.4 Å². The Labute approximate surface area is 141 Å². The molecule has 0 spiro atoms. The maximum atomic E-state index is 10.7. The highest BCUT2D eigenvalue weighted by Crippen LogP contribution is 2.11. The van der Waals surface area contributed by atoms with Crippen LogP contribution in [0, 0.1) is 11.8 Å². The summed E-state index contributed by atoms with van der Waals surface area (Å²) in [5, 5.41) is 6.89. The largest absolute Gasteiger partial charge is 0.483 e. The molecule has 0 aliphatic heterocycles. The Bertz CT molecular complexity index is 270. The van der Waals surface area contributed by atoms with Gasteiger partial charge in [0.05, 0.1) is 0 Å². The zero-order valence-electron chi connectivity index (χ0n) is 15.2. The summed E-state index contributed by atoms with van der Waals surface area (Å²) in [4.78, 5) is 29.7. The van der Waals surface area contributed by atoms with E-state index in [1.807, 2.05) is 13.8 Å². The van der Waals surface area contributed by atoms with Crippen molar-refractivity contribution in [3.63, 3.8) is 0 Å². The Hall–Kier alpha value is -1.59. The molecular formula is C17H36N2O4. The smallest absolute Gasteiger partial charge is 0.290 e. The summed E-state index contributed by atoms with van der Waals surface area (Å²) in [6.07, 6.45) is 8.20. The third kappa shape index (κ3) is 20.4. The SMILES string of the molecule is CCCCC(CC)C(N)=O.CCCCC(CC)C(N)=O.O=CO. The molecular weight excluding hydrogens is 296 g/mol. The maximum absolute atomic E-state index is 10.7. The van der Waals surface area contributed by atoms with Gasteiger partial charge in [0.15, 0.2) is 0 Å². The van der Waals surface area contributed by atoms with Gasteiger partial charge in [0.2, 0.25) is 11.8 Å². The molecule has 0 saturated carbocycles. The van der Waals surface area contributed by atoms with E-state index in [2.05, 4.69) is 13.8 Å². The highest BCUT2D eigenvalue weighted by atomic mass is 16.3. The number of unbranched alkanes of at least 4 members (excludes halogenated alkanes) is 2. The third-order valence-electron chi connectivity index (χ3n) is 3.60. The van der Waals surface area contributed by atoms with Crippen LogP contribution in [0.5, 0.6) is 0 Å². The van der Waals surface area contributed by atoms with Gasteiger partial charge in [-0.1, -0.05) is 53.4 Å². The fraction of sp³-hybridized carbons (Fsp3) is 0.824. The molecule has 0 fully saturated rings. The molecule has 138 valence electrons. The molecule has 2 amide bonds. The van der Waals surface area contributed by atoms with Gasteiger partial charge in [0.25, 0.3) is 6.47 Å². The highest BCUT2D eigenvalue weighted by molar-refractivity contribution is 5.76. The quantitative estimate of drug-likeness (QED) is 0.532. The van der Waals surface area contributed by atoms with Crippen molar-refractivity contribution in [2.45, 2.75) is 79.1 Å². The van der Waals surface area contributed by atoms with Crippen molar-refractivity contribution in [3.8, 4) is 0 Å². The first-order valence-corrected chi connectivity index (χ1v) is 8.52. The fourth-order valence-corrected chi connectivity index (χ4v) is 2.00. The standard InChI is InChI=1S/2C8H17NO.CH2O2/c2*1-3-5-6-7(4-2)8(9)10;2-1-3/h2*7H,3-6H2,1-2H3,(H2,9,10);1H,(H,2,3). The van der Waals surface area contributed by atoms with Crippen molar-refractivity contribution in [1.29, 1.82) is 0 Å². The zero-order chi connectivity index (χ0) is 18.7. The van der Waals surface area contributed by atoms with Gasteiger partial charge >= 0.3 is 0 Å². The second-order valence-electron chi connectivity index (χ2n) is 5.40. The molecule has 2 atom stereocenters. The Morgan fingerprint density at radius 1 is 0.870 bits per heavy atom. The number of nitrogens with two attached hydrogens (primary N) is 2. The number of carbonyl (C=O) groups is 3. The molecule has 0 aromatic heterocycles. The van der Waals surface area contributed by atoms with Crippen LogP contribution in [0.25, 0.3) is 0 Å². The first kappa shape index (κ1) is 26.3. The van der Waals surface area contributed by atoms with Crippen molar-refractivity contribution in [2.75, 3.05) is 0 Å². The van der Waals surface area contributed by atoms with Gasteiger partial charge in [0, 0.05) is 11.8 Å². The summed E-state index contributed by atoms with van der Waals surface area (Å²) >= 11 is 0. The topological polar surface area (TPSA) is 123 Å². The van der Waals surface area contributed by atoms with Crippen LogP contribution in [0.15, 0.2) is 0 Å².